The van der Waals surface area contributed by atoms with Crippen LogP contribution in [0.1, 0.15) is 25.0 Å². The Balaban J connectivity index is 2.10. The number of hydrogen-bond acceptors (Lipinski definition) is 4. The van der Waals surface area contributed by atoms with Crippen molar-refractivity contribution in [3.05, 3.63) is 47.9 Å². The van der Waals surface area contributed by atoms with Crippen molar-refractivity contribution in [3.63, 3.8) is 0 Å². The molecule has 0 saturated carbocycles. The van der Waals surface area contributed by atoms with Gasteiger partial charge in [-0.2, -0.15) is 0 Å². The Morgan fingerprint density at radius 3 is 2.50 bits per heavy atom. The zero-order valence-corrected chi connectivity index (χ0v) is 14.6. The highest BCUT2D eigenvalue weighted by atomic mass is 16.3. The molecule has 2 aromatic heterocycles. The third kappa shape index (κ3) is 2.87. The maximum atomic E-state index is 9.57. The van der Waals surface area contributed by atoms with E-state index in [0.29, 0.717) is 11.7 Å². The molecule has 1 atom stereocenters. The molecule has 1 unspecified atom stereocenters. The van der Waals surface area contributed by atoms with Crippen LogP contribution in [-0.2, 0) is 0 Å². The monoisotopic (exact) mass is 324 g/mol. The highest BCUT2D eigenvalue weighted by Crippen LogP contribution is 2.29. The van der Waals surface area contributed by atoms with E-state index in [1.807, 2.05) is 12.4 Å². The maximum Gasteiger partial charge on any atom is 0.180 e. The number of fused-ring (bicyclic) bond motifs is 1. The number of nitrogens with zero attached hydrogens (tertiary/aromatic N) is 3. The van der Waals surface area contributed by atoms with E-state index in [4.69, 9.17) is 0 Å². The van der Waals surface area contributed by atoms with Crippen molar-refractivity contribution in [2.24, 2.45) is 5.92 Å². The molecule has 0 aliphatic carbocycles. The van der Waals surface area contributed by atoms with E-state index >= 15 is 0 Å². The van der Waals surface area contributed by atoms with Crippen LogP contribution in [0.25, 0.3) is 16.9 Å². The molecular weight excluding hydrogens is 300 g/mol. The van der Waals surface area contributed by atoms with Crippen LogP contribution in [0.2, 0.25) is 0 Å². The molecule has 1 aromatic carbocycles. The van der Waals surface area contributed by atoms with Gasteiger partial charge in [0.05, 0.1) is 24.5 Å². The van der Waals surface area contributed by atoms with Crippen LogP contribution in [0.3, 0.4) is 0 Å². The first-order chi connectivity index (χ1) is 11.5. The highest BCUT2D eigenvalue weighted by Gasteiger charge is 2.17. The molecule has 24 heavy (non-hydrogen) atoms. The zero-order valence-electron chi connectivity index (χ0n) is 14.6. The average Bonchev–Trinajstić information content (AvgIpc) is 2.97. The lowest BCUT2D eigenvalue weighted by atomic mass is 10.0. The van der Waals surface area contributed by atoms with Gasteiger partial charge in [0, 0.05) is 18.0 Å². The number of benzene rings is 1. The number of aliphatic hydroxyl groups is 1. The molecule has 3 rings (SSSR count). The van der Waals surface area contributed by atoms with Gasteiger partial charge < -0.3 is 10.4 Å². The quantitative estimate of drug-likeness (QED) is 0.754. The van der Waals surface area contributed by atoms with Crippen LogP contribution < -0.4 is 5.32 Å². The Labute approximate surface area is 142 Å². The van der Waals surface area contributed by atoms with Gasteiger partial charge in [-0.15, -0.1) is 0 Å². The second kappa shape index (κ2) is 6.61. The smallest absolute Gasteiger partial charge is 0.180 e. The minimum Gasteiger partial charge on any atom is -0.394 e. The van der Waals surface area contributed by atoms with Gasteiger partial charge in [0.2, 0.25) is 0 Å². The molecule has 3 aromatic rings. The minimum atomic E-state index is -0.0518. The Kier molecular flexibility index (Phi) is 4.53. The summed E-state index contributed by atoms with van der Waals surface area (Å²) in [6.45, 7) is 8.43. The van der Waals surface area contributed by atoms with Gasteiger partial charge >= 0.3 is 0 Å². The van der Waals surface area contributed by atoms with Crippen molar-refractivity contribution < 1.29 is 5.11 Å². The largest absolute Gasteiger partial charge is 0.394 e. The van der Waals surface area contributed by atoms with Crippen molar-refractivity contribution in [1.29, 1.82) is 0 Å². The summed E-state index contributed by atoms with van der Waals surface area (Å²) in [6, 6.07) is 6.25. The number of aliphatic hydroxyl groups excluding tert-OH is 1. The van der Waals surface area contributed by atoms with E-state index in [1.54, 1.807) is 6.20 Å². The van der Waals surface area contributed by atoms with Crippen molar-refractivity contribution in [1.82, 2.24) is 14.4 Å². The molecule has 2 heterocycles. The van der Waals surface area contributed by atoms with Gasteiger partial charge in [-0.1, -0.05) is 32.0 Å². The molecular formula is C19H24N4O. The lowest BCUT2D eigenvalue weighted by Crippen LogP contribution is -2.30. The fourth-order valence-corrected chi connectivity index (χ4v) is 3.02. The van der Waals surface area contributed by atoms with E-state index < -0.39 is 0 Å². The second-order valence-corrected chi connectivity index (χ2v) is 6.56. The van der Waals surface area contributed by atoms with Crippen molar-refractivity contribution in [3.8, 4) is 11.3 Å². The second-order valence-electron chi connectivity index (χ2n) is 6.56. The maximum absolute atomic E-state index is 9.57. The first-order valence-corrected chi connectivity index (χ1v) is 8.29. The number of anilines is 1. The average molecular weight is 324 g/mol. The number of rotatable bonds is 5. The Hall–Kier alpha value is -2.40. The highest BCUT2D eigenvalue weighted by molar-refractivity contribution is 5.74. The van der Waals surface area contributed by atoms with Crippen LogP contribution in [0.4, 0.5) is 5.82 Å². The molecule has 5 heteroatoms. The molecule has 0 fully saturated rings. The third-order valence-corrected chi connectivity index (χ3v) is 4.49. The molecule has 0 amide bonds. The molecule has 0 saturated heterocycles. The van der Waals surface area contributed by atoms with E-state index in [1.165, 1.54) is 16.7 Å². The number of aryl methyl sites for hydroxylation is 2. The van der Waals surface area contributed by atoms with E-state index in [2.05, 4.69) is 65.6 Å². The molecule has 0 bridgehead atoms. The summed E-state index contributed by atoms with van der Waals surface area (Å²) >= 11 is 0. The van der Waals surface area contributed by atoms with E-state index in [9.17, 15) is 5.11 Å². The summed E-state index contributed by atoms with van der Waals surface area (Å²) in [5.74, 6) is 0.993. The predicted molar refractivity (Wildman–Crippen MR) is 97.2 cm³/mol. The fourth-order valence-electron chi connectivity index (χ4n) is 3.02. The summed E-state index contributed by atoms with van der Waals surface area (Å²) in [4.78, 5) is 9.00. The molecule has 0 aliphatic rings. The van der Waals surface area contributed by atoms with Gasteiger partial charge in [-0.25, -0.2) is 9.97 Å². The first-order valence-electron chi connectivity index (χ1n) is 8.29. The zero-order chi connectivity index (χ0) is 17.3. The standard InChI is InChI=1S/C19H24N4O/c1-12(2)15(11-24)22-18-19-21-10-16(23(19)9-8-20-18)17-13(3)6-5-7-14(17)4/h5-10,12,15,24H,11H2,1-4H3,(H,20,22). The number of aromatic nitrogens is 3. The Bertz CT molecular complexity index is 833. The Morgan fingerprint density at radius 1 is 1.17 bits per heavy atom. The van der Waals surface area contributed by atoms with Crippen molar-refractivity contribution in [2.45, 2.75) is 33.7 Å². The molecule has 0 spiro atoms. The predicted octanol–water partition coefficient (Wildman–Crippen LogP) is 3.44. The van der Waals surface area contributed by atoms with Gasteiger partial charge in [-0.3, -0.25) is 4.40 Å². The lowest BCUT2D eigenvalue weighted by molar-refractivity contribution is 0.249. The van der Waals surface area contributed by atoms with Gasteiger partial charge in [0.25, 0.3) is 0 Å². The summed E-state index contributed by atoms with van der Waals surface area (Å²) in [5, 5.41) is 12.9. The lowest BCUT2D eigenvalue weighted by Gasteiger charge is -2.20. The van der Waals surface area contributed by atoms with Crippen LogP contribution in [0.5, 0.6) is 0 Å². The first kappa shape index (κ1) is 16.5. The van der Waals surface area contributed by atoms with Crippen molar-refractivity contribution in [2.75, 3.05) is 11.9 Å². The summed E-state index contributed by atoms with van der Waals surface area (Å²) in [5.41, 5.74) is 5.46. The number of imidazole rings is 1. The molecule has 126 valence electrons. The SMILES string of the molecule is Cc1cccc(C)c1-c1cnc2c(NC(CO)C(C)C)nccn12. The van der Waals surface area contributed by atoms with Gasteiger partial charge in [-0.05, 0) is 30.9 Å². The van der Waals surface area contributed by atoms with Crippen molar-refractivity contribution >= 4 is 11.5 Å². The number of nitrogens with one attached hydrogen (secondary N) is 1. The summed E-state index contributed by atoms with van der Waals surface area (Å²) in [7, 11) is 0. The third-order valence-electron chi connectivity index (χ3n) is 4.49. The molecule has 2 N–H and O–H groups in total. The van der Waals surface area contributed by atoms with E-state index in [0.717, 1.165) is 11.3 Å². The normalized spacial score (nSPS) is 12.8. The minimum absolute atomic E-state index is 0.0518. The van der Waals surface area contributed by atoms with Crippen LogP contribution in [0, 0.1) is 19.8 Å². The molecule has 0 radical (unpaired) electrons. The molecule has 5 nitrogen and oxygen atoms in total. The van der Waals surface area contributed by atoms with Gasteiger partial charge in [0.1, 0.15) is 0 Å². The van der Waals surface area contributed by atoms with Crippen LogP contribution in [-0.4, -0.2) is 32.1 Å². The van der Waals surface area contributed by atoms with Gasteiger partial charge in [0.15, 0.2) is 11.5 Å². The number of hydrogen-bond donors (Lipinski definition) is 2. The van der Waals surface area contributed by atoms with E-state index in [-0.39, 0.29) is 12.6 Å². The molecule has 0 aliphatic heterocycles. The summed E-state index contributed by atoms with van der Waals surface area (Å²) in [6.07, 6.45) is 5.59. The summed E-state index contributed by atoms with van der Waals surface area (Å²) < 4.78 is 2.05. The fraction of sp³-hybridized carbons (Fsp3) is 0.368. The van der Waals surface area contributed by atoms with Crippen LogP contribution >= 0.6 is 0 Å². The topological polar surface area (TPSA) is 62.5 Å². The van der Waals surface area contributed by atoms with Crippen LogP contribution in [0.15, 0.2) is 36.8 Å². The Morgan fingerprint density at radius 2 is 1.88 bits per heavy atom.